The van der Waals surface area contributed by atoms with E-state index in [9.17, 15) is 14.7 Å². The van der Waals surface area contributed by atoms with Crippen molar-refractivity contribution in [2.24, 2.45) is 5.92 Å². The van der Waals surface area contributed by atoms with E-state index < -0.39 is 12.0 Å². The Morgan fingerprint density at radius 1 is 1.21 bits per heavy atom. The Balaban J connectivity index is 1.79. The number of fused-ring (bicyclic) bond motifs is 1. The van der Waals surface area contributed by atoms with Gasteiger partial charge in [0.2, 0.25) is 5.91 Å². The number of aromatic nitrogens is 1. The van der Waals surface area contributed by atoms with Gasteiger partial charge in [-0.25, -0.2) is 9.78 Å². The van der Waals surface area contributed by atoms with Gasteiger partial charge in [0.05, 0.1) is 6.61 Å². The maximum Gasteiger partial charge on any atom is 0.326 e. The molecule has 1 aliphatic heterocycles. The van der Waals surface area contributed by atoms with E-state index in [0.29, 0.717) is 31.9 Å². The third-order valence-corrected chi connectivity index (χ3v) is 6.72. The predicted octanol–water partition coefficient (Wildman–Crippen LogP) is 3.50. The number of unbranched alkanes of at least 4 members (excludes halogenated alkanes) is 1. The van der Waals surface area contributed by atoms with Crippen LogP contribution in [-0.4, -0.2) is 72.8 Å². The number of carbonyl (C=O) groups excluding carboxylic acids is 1. The highest BCUT2D eigenvalue weighted by atomic mass is 16.5. The van der Waals surface area contributed by atoms with Crippen molar-refractivity contribution in [3.63, 3.8) is 0 Å². The van der Waals surface area contributed by atoms with Gasteiger partial charge in [0.1, 0.15) is 11.9 Å². The molecule has 34 heavy (non-hydrogen) atoms. The van der Waals surface area contributed by atoms with Gasteiger partial charge in [-0.05, 0) is 62.6 Å². The third kappa shape index (κ3) is 9.97. The molecule has 8 nitrogen and oxygen atoms in total. The Bertz CT molecular complexity index is 754. The highest BCUT2D eigenvalue weighted by Crippen LogP contribution is 2.20. The van der Waals surface area contributed by atoms with Crippen molar-refractivity contribution in [3.8, 4) is 0 Å². The number of nitrogens with zero attached hydrogens (tertiary/aromatic N) is 2. The summed E-state index contributed by atoms with van der Waals surface area (Å²) in [5, 5.41) is 15.7. The topological polar surface area (TPSA) is 104 Å². The van der Waals surface area contributed by atoms with Crippen LogP contribution in [0.4, 0.5) is 5.82 Å². The Kier molecular flexibility index (Phi) is 12.9. The Morgan fingerprint density at radius 3 is 2.71 bits per heavy atom. The number of pyridine rings is 1. The van der Waals surface area contributed by atoms with Gasteiger partial charge in [0.15, 0.2) is 0 Å². The molecule has 1 unspecified atom stereocenters. The molecule has 1 aromatic rings. The van der Waals surface area contributed by atoms with Crippen molar-refractivity contribution in [3.05, 3.63) is 23.4 Å². The van der Waals surface area contributed by atoms with Crippen LogP contribution in [0, 0.1) is 5.92 Å². The van der Waals surface area contributed by atoms with Crippen LogP contribution < -0.4 is 10.6 Å². The summed E-state index contributed by atoms with van der Waals surface area (Å²) in [5.41, 5.74) is 2.42. The van der Waals surface area contributed by atoms with E-state index in [4.69, 9.17) is 9.72 Å². The first-order chi connectivity index (χ1) is 16.5. The SMILES string of the molecule is CCC(CC)CC(=O)NC(CCN(CCCCc1ccc2c(n1)NCCC2)CCOC)C(=O)O. The van der Waals surface area contributed by atoms with Crippen molar-refractivity contribution in [2.45, 2.75) is 77.7 Å². The highest BCUT2D eigenvalue weighted by Gasteiger charge is 2.22. The molecule has 1 atom stereocenters. The summed E-state index contributed by atoms with van der Waals surface area (Å²) in [6.07, 6.45) is 7.81. The highest BCUT2D eigenvalue weighted by molar-refractivity contribution is 5.83. The van der Waals surface area contributed by atoms with Crippen molar-refractivity contribution in [2.75, 3.05) is 45.2 Å². The number of hydrogen-bond donors (Lipinski definition) is 3. The van der Waals surface area contributed by atoms with Gasteiger partial charge in [-0.3, -0.25) is 4.79 Å². The van der Waals surface area contributed by atoms with Crippen LogP contribution in [-0.2, 0) is 27.2 Å². The standard InChI is InChI=1S/C26H44N4O4/c1-4-20(5-2)19-24(31)29-23(26(32)33)13-16-30(17-18-34-3)15-7-6-10-22-12-11-21-9-8-14-27-25(21)28-22/h11-12,20,23H,4-10,13-19H2,1-3H3,(H,27,28)(H,29,31)(H,32,33). The monoisotopic (exact) mass is 476 g/mol. The van der Waals surface area contributed by atoms with Gasteiger partial charge in [0, 0.05) is 38.9 Å². The molecule has 2 heterocycles. The van der Waals surface area contributed by atoms with Crippen LogP contribution in [0.2, 0.25) is 0 Å². The molecule has 1 aromatic heterocycles. The summed E-state index contributed by atoms with van der Waals surface area (Å²) in [6.45, 7) is 7.91. The molecule has 192 valence electrons. The first-order valence-corrected chi connectivity index (χ1v) is 12.9. The van der Waals surface area contributed by atoms with E-state index in [-0.39, 0.29) is 5.91 Å². The van der Waals surface area contributed by atoms with E-state index in [1.165, 1.54) is 5.56 Å². The zero-order valence-corrected chi connectivity index (χ0v) is 21.3. The number of carbonyl (C=O) groups is 2. The molecule has 3 N–H and O–H groups in total. The number of nitrogens with one attached hydrogen (secondary N) is 2. The van der Waals surface area contributed by atoms with Crippen LogP contribution in [0.25, 0.3) is 0 Å². The summed E-state index contributed by atoms with van der Waals surface area (Å²) in [6, 6.07) is 3.47. The maximum atomic E-state index is 12.3. The first kappa shape index (κ1) is 28.1. The number of amides is 1. The van der Waals surface area contributed by atoms with Crippen LogP contribution in [0.5, 0.6) is 0 Å². The van der Waals surface area contributed by atoms with Gasteiger partial charge in [-0.15, -0.1) is 0 Å². The fourth-order valence-corrected chi connectivity index (χ4v) is 4.37. The summed E-state index contributed by atoms with van der Waals surface area (Å²) < 4.78 is 5.24. The summed E-state index contributed by atoms with van der Waals surface area (Å²) in [7, 11) is 1.67. The van der Waals surface area contributed by atoms with Crippen molar-refractivity contribution in [1.29, 1.82) is 0 Å². The molecule has 0 saturated heterocycles. The minimum atomic E-state index is -0.975. The van der Waals surface area contributed by atoms with Crippen LogP contribution >= 0.6 is 0 Å². The van der Waals surface area contributed by atoms with Crippen LogP contribution in [0.3, 0.4) is 0 Å². The molecule has 8 heteroatoms. The molecule has 0 saturated carbocycles. The lowest BCUT2D eigenvalue weighted by Gasteiger charge is -2.24. The van der Waals surface area contributed by atoms with Gasteiger partial charge in [-0.2, -0.15) is 0 Å². The lowest BCUT2D eigenvalue weighted by molar-refractivity contribution is -0.142. The Labute approximate surface area is 204 Å². The van der Waals surface area contributed by atoms with Gasteiger partial charge < -0.3 is 25.4 Å². The Morgan fingerprint density at radius 2 is 2.00 bits per heavy atom. The zero-order valence-electron chi connectivity index (χ0n) is 21.3. The van der Waals surface area contributed by atoms with Crippen molar-refractivity contribution < 1.29 is 19.4 Å². The van der Waals surface area contributed by atoms with Gasteiger partial charge >= 0.3 is 5.97 Å². The second-order valence-corrected chi connectivity index (χ2v) is 9.27. The molecule has 1 aliphatic rings. The second kappa shape index (κ2) is 15.7. The number of rotatable bonds is 17. The zero-order chi connectivity index (χ0) is 24.8. The average molecular weight is 477 g/mol. The van der Waals surface area contributed by atoms with E-state index in [0.717, 1.165) is 76.1 Å². The van der Waals surface area contributed by atoms with Gasteiger partial charge in [-0.1, -0.05) is 32.8 Å². The minimum Gasteiger partial charge on any atom is -0.480 e. The second-order valence-electron chi connectivity index (χ2n) is 9.27. The van der Waals surface area contributed by atoms with E-state index >= 15 is 0 Å². The van der Waals surface area contributed by atoms with Crippen LogP contribution in [0.15, 0.2) is 12.1 Å². The number of aryl methyl sites for hydroxylation is 2. The molecular weight excluding hydrogens is 432 g/mol. The lowest BCUT2D eigenvalue weighted by Crippen LogP contribution is -2.44. The van der Waals surface area contributed by atoms with Crippen molar-refractivity contribution >= 4 is 17.7 Å². The van der Waals surface area contributed by atoms with Crippen molar-refractivity contribution in [1.82, 2.24) is 15.2 Å². The van der Waals surface area contributed by atoms with Gasteiger partial charge in [0.25, 0.3) is 0 Å². The lowest BCUT2D eigenvalue weighted by atomic mass is 9.99. The molecule has 0 spiro atoms. The van der Waals surface area contributed by atoms with Crippen LogP contribution in [0.1, 0.15) is 70.1 Å². The number of hydrogen-bond acceptors (Lipinski definition) is 6. The van der Waals surface area contributed by atoms with E-state index in [2.05, 4.69) is 41.5 Å². The smallest absolute Gasteiger partial charge is 0.326 e. The average Bonchev–Trinajstić information content (AvgIpc) is 2.85. The summed E-state index contributed by atoms with van der Waals surface area (Å²) in [4.78, 5) is 31.1. The minimum absolute atomic E-state index is 0.170. The number of carboxylic acids is 1. The number of methoxy groups -OCH3 is 1. The fraction of sp³-hybridized carbons (Fsp3) is 0.731. The number of ether oxygens (including phenoxy) is 1. The maximum absolute atomic E-state index is 12.3. The quantitative estimate of drug-likeness (QED) is 0.296. The number of aliphatic carboxylic acids is 1. The summed E-state index contributed by atoms with van der Waals surface area (Å²) >= 11 is 0. The summed E-state index contributed by atoms with van der Waals surface area (Å²) in [5.74, 6) is 0.192. The number of carboxylic acid groups (broad SMARTS) is 1. The molecular formula is C26H44N4O4. The fourth-order valence-electron chi connectivity index (χ4n) is 4.37. The normalized spacial score (nSPS) is 14.0. The third-order valence-electron chi connectivity index (χ3n) is 6.72. The molecule has 0 bridgehead atoms. The largest absolute Gasteiger partial charge is 0.480 e. The molecule has 0 aromatic carbocycles. The molecule has 1 amide bonds. The Hall–Kier alpha value is -2.19. The van der Waals surface area contributed by atoms with E-state index in [1.807, 2.05) is 0 Å². The van der Waals surface area contributed by atoms with E-state index in [1.54, 1.807) is 7.11 Å². The molecule has 0 fully saturated rings. The number of anilines is 1. The first-order valence-electron chi connectivity index (χ1n) is 12.9. The molecule has 0 aliphatic carbocycles. The molecule has 0 radical (unpaired) electrons. The predicted molar refractivity (Wildman–Crippen MR) is 135 cm³/mol. The molecule has 2 rings (SSSR count).